The number of carbonyl (C=O) groups excluding carboxylic acids is 1. The topological polar surface area (TPSA) is 135 Å². The molecule has 0 aliphatic carbocycles. The number of quaternary nitrogens is 1. The van der Waals surface area contributed by atoms with Gasteiger partial charge < -0.3 is 25.7 Å². The summed E-state index contributed by atoms with van der Waals surface area (Å²) in [6.07, 6.45) is 1.62. The zero-order chi connectivity index (χ0) is 20.1. The van der Waals surface area contributed by atoms with Crippen molar-refractivity contribution in [3.8, 4) is 0 Å². The first-order valence-electron chi connectivity index (χ1n) is 8.69. The fourth-order valence-corrected chi connectivity index (χ4v) is 3.87. The van der Waals surface area contributed by atoms with E-state index in [0.717, 1.165) is 12.8 Å². The van der Waals surface area contributed by atoms with E-state index in [2.05, 4.69) is 10.0 Å². The zero-order valence-corrected chi connectivity index (χ0v) is 15.7. The molecule has 3 rings (SSSR count). The summed E-state index contributed by atoms with van der Waals surface area (Å²) in [4.78, 5) is 12.3. The van der Waals surface area contributed by atoms with Crippen molar-refractivity contribution in [2.24, 2.45) is 0 Å². The number of carbonyl (C=O) groups is 1. The van der Waals surface area contributed by atoms with Crippen LogP contribution < -0.4 is 15.3 Å². The molecule has 0 bridgehead atoms. The highest BCUT2D eigenvalue weighted by molar-refractivity contribution is 7.89. The number of sulfonamides is 1. The number of amides is 1. The number of benzene rings is 2. The molecule has 1 fully saturated rings. The van der Waals surface area contributed by atoms with Gasteiger partial charge in [0.25, 0.3) is 5.91 Å². The summed E-state index contributed by atoms with van der Waals surface area (Å²) < 4.78 is 32.6. The lowest BCUT2D eigenvalue weighted by atomic mass is 10.2. The van der Waals surface area contributed by atoms with Crippen molar-refractivity contribution in [1.82, 2.24) is 4.72 Å². The van der Waals surface area contributed by atoms with Gasteiger partial charge in [-0.3, -0.25) is 4.79 Å². The molecule has 10 heteroatoms. The summed E-state index contributed by atoms with van der Waals surface area (Å²) in [6.45, 7) is 0.849. The standard InChI is InChI=1S/C18H20N3O6S/c22-18(20-14-3-1-4-15(11-14)21(23)24)13-6-8-17(9-7-13)28(25,26)19-12-16-5-2-10-27-16/h1,3-4,6-9,11,16,19,21H,2,5,10,12H2,(H,20,22)/q-1. The van der Waals surface area contributed by atoms with Gasteiger partial charge in [0.1, 0.15) is 5.69 Å². The van der Waals surface area contributed by atoms with Gasteiger partial charge in [0.15, 0.2) is 0 Å². The van der Waals surface area contributed by atoms with Crippen LogP contribution >= 0.6 is 0 Å². The van der Waals surface area contributed by atoms with Gasteiger partial charge in [-0.25, -0.2) is 13.1 Å². The molecule has 2 aromatic rings. The normalized spacial score (nSPS) is 17.0. The second kappa shape index (κ2) is 8.78. The van der Waals surface area contributed by atoms with E-state index < -0.39 is 21.2 Å². The monoisotopic (exact) mass is 406 g/mol. The van der Waals surface area contributed by atoms with Crippen LogP contribution in [0.5, 0.6) is 0 Å². The molecule has 1 unspecified atom stereocenters. The predicted molar refractivity (Wildman–Crippen MR) is 102 cm³/mol. The number of hydrogen-bond donors (Lipinski definition) is 3. The van der Waals surface area contributed by atoms with Crippen molar-refractivity contribution in [2.45, 2.75) is 23.8 Å². The molecule has 1 amide bonds. The quantitative estimate of drug-likeness (QED) is 0.585. The van der Waals surface area contributed by atoms with Crippen LogP contribution in [0.15, 0.2) is 53.4 Å². The predicted octanol–water partition coefficient (Wildman–Crippen LogP) is 0.908. The molecular weight excluding hydrogens is 386 g/mol. The fraction of sp³-hybridized carbons (Fsp3) is 0.278. The average Bonchev–Trinajstić information content (AvgIpc) is 3.20. The highest BCUT2D eigenvalue weighted by atomic mass is 32.2. The SMILES string of the molecule is O=C(Nc1cccc([NH+]([O-])[O-])c1)c1ccc(S(=O)(=O)NCC2CCCO2)cc1. The van der Waals surface area contributed by atoms with Crippen molar-refractivity contribution < 1.29 is 23.2 Å². The molecule has 150 valence electrons. The third kappa shape index (κ3) is 5.13. The van der Waals surface area contributed by atoms with Gasteiger partial charge in [0, 0.05) is 30.5 Å². The smallest absolute Gasteiger partial charge is 0.255 e. The first-order chi connectivity index (χ1) is 13.3. The zero-order valence-electron chi connectivity index (χ0n) is 14.9. The minimum absolute atomic E-state index is 0.0426. The van der Waals surface area contributed by atoms with E-state index in [1.54, 1.807) is 0 Å². The first-order valence-corrected chi connectivity index (χ1v) is 10.2. The number of rotatable bonds is 7. The van der Waals surface area contributed by atoms with E-state index in [4.69, 9.17) is 4.74 Å². The third-order valence-electron chi connectivity index (χ3n) is 4.31. The number of hydrogen-bond acceptors (Lipinski definition) is 6. The van der Waals surface area contributed by atoms with E-state index in [-0.39, 0.29) is 28.8 Å². The summed E-state index contributed by atoms with van der Waals surface area (Å²) in [5, 5.41) is 23.0. The van der Waals surface area contributed by atoms with Crippen molar-refractivity contribution in [2.75, 3.05) is 18.5 Å². The molecule has 0 spiro atoms. The number of ether oxygens (including phenoxy) is 1. The Bertz CT molecular complexity index is 925. The van der Waals surface area contributed by atoms with Gasteiger partial charge in [-0.1, -0.05) is 6.07 Å². The van der Waals surface area contributed by atoms with Crippen LogP contribution in [0.1, 0.15) is 23.2 Å². The van der Waals surface area contributed by atoms with Crippen LogP contribution in [-0.4, -0.2) is 33.6 Å². The Morgan fingerprint density at radius 3 is 2.57 bits per heavy atom. The summed E-state index contributed by atoms with van der Waals surface area (Å²) >= 11 is 0. The molecule has 1 aliphatic heterocycles. The lowest BCUT2D eigenvalue weighted by molar-refractivity contribution is -0.715. The second-order valence-corrected chi connectivity index (χ2v) is 8.10. The van der Waals surface area contributed by atoms with E-state index >= 15 is 0 Å². The van der Waals surface area contributed by atoms with Gasteiger partial charge in [-0.05, 0) is 49.2 Å². The second-order valence-electron chi connectivity index (χ2n) is 6.33. The molecule has 0 radical (unpaired) electrons. The third-order valence-corrected chi connectivity index (χ3v) is 5.75. The first kappa shape index (κ1) is 20.4. The van der Waals surface area contributed by atoms with Crippen LogP contribution in [-0.2, 0) is 14.8 Å². The molecule has 2 aromatic carbocycles. The maximum Gasteiger partial charge on any atom is 0.255 e. The summed E-state index contributed by atoms with van der Waals surface area (Å²) in [7, 11) is -3.70. The Kier molecular flexibility index (Phi) is 6.39. The Hall–Kier alpha value is -2.34. The van der Waals surface area contributed by atoms with E-state index in [9.17, 15) is 23.6 Å². The van der Waals surface area contributed by atoms with E-state index in [1.165, 1.54) is 48.5 Å². The summed E-state index contributed by atoms with van der Waals surface area (Å²) in [6, 6.07) is 11.1. The van der Waals surface area contributed by atoms with Crippen molar-refractivity contribution in [1.29, 1.82) is 0 Å². The fourth-order valence-electron chi connectivity index (χ4n) is 2.80. The lowest BCUT2D eigenvalue weighted by Crippen LogP contribution is -2.96. The molecule has 1 saturated heterocycles. The van der Waals surface area contributed by atoms with Crippen LogP contribution in [0, 0.1) is 10.4 Å². The number of nitrogens with one attached hydrogen (secondary N) is 3. The highest BCUT2D eigenvalue weighted by Gasteiger charge is 2.20. The maximum atomic E-state index is 12.3. The molecular formula is C18H20N3O6S-. The highest BCUT2D eigenvalue weighted by Crippen LogP contribution is 2.16. The van der Waals surface area contributed by atoms with Crippen molar-refractivity contribution >= 4 is 27.3 Å². The minimum Gasteiger partial charge on any atom is -0.628 e. The summed E-state index contributed by atoms with van der Waals surface area (Å²) in [5.41, 5.74) is 0.468. The van der Waals surface area contributed by atoms with Gasteiger partial charge in [-0.2, -0.15) is 0 Å². The van der Waals surface area contributed by atoms with Crippen molar-refractivity contribution in [3.05, 3.63) is 64.5 Å². The Labute approximate surface area is 162 Å². The molecule has 1 atom stereocenters. The van der Waals surface area contributed by atoms with Crippen molar-refractivity contribution in [3.63, 3.8) is 0 Å². The van der Waals surface area contributed by atoms with Gasteiger partial charge >= 0.3 is 0 Å². The Balaban J connectivity index is 1.64. The molecule has 1 aliphatic rings. The molecule has 3 N–H and O–H groups in total. The molecule has 0 aromatic heterocycles. The van der Waals surface area contributed by atoms with Crippen LogP contribution in [0.4, 0.5) is 11.4 Å². The Morgan fingerprint density at radius 1 is 1.18 bits per heavy atom. The summed E-state index contributed by atoms with van der Waals surface area (Å²) in [5.74, 6) is -0.494. The molecule has 9 nitrogen and oxygen atoms in total. The maximum absolute atomic E-state index is 12.3. The average molecular weight is 406 g/mol. The molecule has 1 heterocycles. The van der Waals surface area contributed by atoms with E-state index in [0.29, 0.717) is 12.3 Å². The molecule has 0 saturated carbocycles. The minimum atomic E-state index is -3.70. The number of anilines is 1. The molecule has 28 heavy (non-hydrogen) atoms. The van der Waals surface area contributed by atoms with Crippen LogP contribution in [0.25, 0.3) is 0 Å². The largest absolute Gasteiger partial charge is 0.628 e. The van der Waals surface area contributed by atoms with Gasteiger partial charge in [0.05, 0.1) is 11.0 Å². The van der Waals surface area contributed by atoms with Gasteiger partial charge in [-0.15, -0.1) is 0 Å². The Morgan fingerprint density at radius 2 is 1.93 bits per heavy atom. The lowest BCUT2D eigenvalue weighted by Gasteiger charge is -2.24. The van der Waals surface area contributed by atoms with Gasteiger partial charge in [0.2, 0.25) is 10.0 Å². The van der Waals surface area contributed by atoms with Crippen LogP contribution in [0.2, 0.25) is 0 Å². The van der Waals surface area contributed by atoms with E-state index in [1.807, 2.05) is 0 Å². The van der Waals surface area contributed by atoms with Crippen LogP contribution in [0.3, 0.4) is 0 Å².